The van der Waals surface area contributed by atoms with Crippen molar-refractivity contribution in [2.24, 2.45) is 5.14 Å². The van der Waals surface area contributed by atoms with Crippen LogP contribution in [0.15, 0.2) is 78.0 Å². The van der Waals surface area contributed by atoms with Crippen LogP contribution in [-0.2, 0) is 10.0 Å². The van der Waals surface area contributed by atoms with E-state index in [2.05, 4.69) is 20.3 Å². The van der Waals surface area contributed by atoms with Gasteiger partial charge in [-0.1, -0.05) is 6.07 Å². The van der Waals surface area contributed by atoms with Crippen molar-refractivity contribution in [1.82, 2.24) is 15.0 Å². The molecule has 0 spiro atoms. The number of sulfonamides is 1. The van der Waals surface area contributed by atoms with Crippen molar-refractivity contribution in [2.75, 3.05) is 5.32 Å². The first kappa shape index (κ1) is 20.6. The predicted molar refractivity (Wildman–Crippen MR) is 116 cm³/mol. The Morgan fingerprint density at radius 1 is 0.968 bits per heavy atom. The molecule has 0 saturated carbocycles. The highest BCUT2D eigenvalue weighted by molar-refractivity contribution is 7.89. The largest absolute Gasteiger partial charge is 0.324 e. The lowest BCUT2D eigenvalue weighted by Gasteiger charge is -2.11. The summed E-state index contributed by atoms with van der Waals surface area (Å²) in [4.78, 5) is 13.2. The van der Waals surface area contributed by atoms with E-state index in [1.807, 2.05) is 6.07 Å². The number of nitrogens with zero attached hydrogens (tertiary/aromatic N) is 3. The van der Waals surface area contributed by atoms with E-state index >= 15 is 0 Å². The van der Waals surface area contributed by atoms with Crippen LogP contribution in [0.3, 0.4) is 0 Å². The van der Waals surface area contributed by atoms with Gasteiger partial charge in [-0.15, -0.1) is 0 Å². The van der Waals surface area contributed by atoms with Crippen LogP contribution in [0.5, 0.6) is 0 Å². The summed E-state index contributed by atoms with van der Waals surface area (Å²) in [6, 6.07) is 16.3. The highest BCUT2D eigenvalue weighted by Gasteiger charge is 2.13. The van der Waals surface area contributed by atoms with Crippen molar-refractivity contribution >= 4 is 21.7 Å². The SMILES string of the molecule is Cc1cc(-c2ncccc2-c2ccnc(Nc3cccc(S(N)(=O)=O)c3)n2)ccc1F. The normalized spacial score (nSPS) is 11.3. The summed E-state index contributed by atoms with van der Waals surface area (Å²) in [6.45, 7) is 1.70. The third kappa shape index (κ3) is 4.57. The molecule has 7 nitrogen and oxygen atoms in total. The molecular formula is C22H18FN5O2S. The number of pyridine rings is 1. The second kappa shape index (κ2) is 8.21. The van der Waals surface area contributed by atoms with Crippen molar-refractivity contribution in [3.63, 3.8) is 0 Å². The number of nitrogens with two attached hydrogens (primary N) is 1. The summed E-state index contributed by atoms with van der Waals surface area (Å²) in [6.07, 6.45) is 3.25. The van der Waals surface area contributed by atoms with Gasteiger partial charge >= 0.3 is 0 Å². The highest BCUT2D eigenvalue weighted by atomic mass is 32.2. The van der Waals surface area contributed by atoms with Crippen molar-refractivity contribution in [1.29, 1.82) is 0 Å². The maximum atomic E-state index is 13.7. The molecule has 0 unspecified atom stereocenters. The number of rotatable bonds is 5. The molecule has 0 fully saturated rings. The highest BCUT2D eigenvalue weighted by Crippen LogP contribution is 2.30. The third-order valence-corrected chi connectivity index (χ3v) is 5.50. The van der Waals surface area contributed by atoms with Gasteiger partial charge in [0.05, 0.1) is 16.3 Å². The fourth-order valence-electron chi connectivity index (χ4n) is 3.08. The number of aromatic nitrogens is 3. The van der Waals surface area contributed by atoms with Crippen LogP contribution in [0.25, 0.3) is 22.5 Å². The average molecular weight is 435 g/mol. The molecule has 4 aromatic rings. The molecule has 2 heterocycles. The lowest BCUT2D eigenvalue weighted by molar-refractivity contribution is 0.598. The molecule has 0 saturated heterocycles. The molecular weight excluding hydrogens is 417 g/mol. The van der Waals surface area contributed by atoms with Crippen molar-refractivity contribution in [3.8, 4) is 22.5 Å². The molecule has 9 heteroatoms. The van der Waals surface area contributed by atoms with Gasteiger partial charge in [0.15, 0.2) is 0 Å². The second-order valence-corrected chi connectivity index (χ2v) is 8.39. The van der Waals surface area contributed by atoms with E-state index in [9.17, 15) is 12.8 Å². The second-order valence-electron chi connectivity index (χ2n) is 6.83. The van der Waals surface area contributed by atoms with Crippen molar-refractivity contribution < 1.29 is 12.8 Å². The molecule has 0 amide bonds. The van der Waals surface area contributed by atoms with E-state index < -0.39 is 10.0 Å². The van der Waals surface area contributed by atoms with Gasteiger partial charge in [-0.05, 0) is 67.1 Å². The summed E-state index contributed by atoms with van der Waals surface area (Å²) >= 11 is 0. The fourth-order valence-corrected chi connectivity index (χ4v) is 3.64. The topological polar surface area (TPSA) is 111 Å². The van der Waals surface area contributed by atoms with Gasteiger partial charge in [-0.3, -0.25) is 4.98 Å². The van der Waals surface area contributed by atoms with Crippen LogP contribution >= 0.6 is 0 Å². The lowest BCUT2D eigenvalue weighted by atomic mass is 10.0. The molecule has 4 rings (SSSR count). The number of anilines is 2. The minimum atomic E-state index is -3.83. The Balaban J connectivity index is 1.71. The van der Waals surface area contributed by atoms with Crippen LogP contribution in [0.2, 0.25) is 0 Å². The van der Waals surface area contributed by atoms with Gasteiger partial charge < -0.3 is 5.32 Å². The molecule has 3 N–H and O–H groups in total. The van der Waals surface area contributed by atoms with Crippen LogP contribution in [-0.4, -0.2) is 23.4 Å². The minimum absolute atomic E-state index is 0.0186. The van der Waals surface area contributed by atoms with E-state index in [4.69, 9.17) is 5.14 Å². The summed E-state index contributed by atoms with van der Waals surface area (Å²) in [7, 11) is -3.83. The van der Waals surface area contributed by atoms with Crippen LogP contribution in [0.4, 0.5) is 16.0 Å². The molecule has 0 bridgehead atoms. The smallest absolute Gasteiger partial charge is 0.238 e. The number of hydrogen-bond donors (Lipinski definition) is 2. The summed E-state index contributed by atoms with van der Waals surface area (Å²) in [5, 5.41) is 8.18. The number of hydrogen-bond acceptors (Lipinski definition) is 6. The number of benzene rings is 2. The first-order valence-electron chi connectivity index (χ1n) is 9.26. The Bertz CT molecular complexity index is 1380. The number of halogens is 1. The van der Waals surface area contributed by atoms with Gasteiger partial charge in [0.25, 0.3) is 0 Å². The molecule has 0 aliphatic carbocycles. The zero-order valence-corrected chi connectivity index (χ0v) is 17.3. The maximum Gasteiger partial charge on any atom is 0.238 e. The molecule has 0 aliphatic heterocycles. The van der Waals surface area contributed by atoms with Gasteiger partial charge in [0.1, 0.15) is 5.82 Å². The zero-order valence-electron chi connectivity index (χ0n) is 16.4. The molecule has 2 aromatic carbocycles. The zero-order chi connectivity index (χ0) is 22.0. The fraction of sp³-hybridized carbons (Fsp3) is 0.0455. The standard InChI is InChI=1S/C22H18FN5O2S/c1-14-12-15(7-8-19(14)23)21-18(6-3-10-25-21)20-9-11-26-22(28-20)27-16-4-2-5-17(13-16)31(24,29)30/h2-13H,1H3,(H2,24,29,30)(H,26,27,28). The predicted octanol–water partition coefficient (Wildman–Crippen LogP) is 4.04. The van der Waals surface area contributed by atoms with Gasteiger partial charge in [0, 0.05) is 29.2 Å². The summed E-state index contributed by atoms with van der Waals surface area (Å²) in [5.41, 5.74) is 3.77. The quantitative estimate of drug-likeness (QED) is 0.489. The Morgan fingerprint density at radius 3 is 2.58 bits per heavy atom. The average Bonchev–Trinajstić information content (AvgIpc) is 2.75. The number of aryl methyl sites for hydroxylation is 1. The van der Waals surface area contributed by atoms with Crippen molar-refractivity contribution in [3.05, 3.63) is 84.4 Å². The van der Waals surface area contributed by atoms with Gasteiger partial charge in [-0.2, -0.15) is 0 Å². The van der Waals surface area contributed by atoms with Crippen LogP contribution in [0.1, 0.15) is 5.56 Å². The Labute approximate surface area is 178 Å². The number of nitrogens with one attached hydrogen (secondary N) is 1. The molecule has 31 heavy (non-hydrogen) atoms. The van der Waals surface area contributed by atoms with E-state index in [1.165, 1.54) is 18.2 Å². The van der Waals surface area contributed by atoms with E-state index in [1.54, 1.807) is 55.7 Å². The third-order valence-electron chi connectivity index (χ3n) is 4.59. The summed E-state index contributed by atoms with van der Waals surface area (Å²) in [5.74, 6) is -0.00867. The van der Waals surface area contributed by atoms with E-state index in [0.29, 0.717) is 22.6 Å². The summed E-state index contributed by atoms with van der Waals surface area (Å²) < 4.78 is 36.9. The van der Waals surface area contributed by atoms with E-state index in [0.717, 1.165) is 11.1 Å². The van der Waals surface area contributed by atoms with Gasteiger partial charge in [0.2, 0.25) is 16.0 Å². The lowest BCUT2D eigenvalue weighted by Crippen LogP contribution is -2.12. The molecule has 0 atom stereocenters. The van der Waals surface area contributed by atoms with Crippen LogP contribution < -0.4 is 10.5 Å². The maximum absolute atomic E-state index is 13.7. The minimum Gasteiger partial charge on any atom is -0.324 e. The van der Waals surface area contributed by atoms with Crippen LogP contribution in [0, 0.1) is 12.7 Å². The molecule has 0 radical (unpaired) electrons. The monoisotopic (exact) mass is 435 g/mol. The van der Waals surface area contributed by atoms with Gasteiger partial charge in [-0.25, -0.2) is 27.9 Å². The van der Waals surface area contributed by atoms with E-state index in [-0.39, 0.29) is 16.7 Å². The first-order valence-corrected chi connectivity index (χ1v) is 10.8. The van der Waals surface area contributed by atoms with Crippen molar-refractivity contribution in [2.45, 2.75) is 11.8 Å². The number of primary sulfonamides is 1. The first-order chi connectivity index (χ1) is 14.8. The Morgan fingerprint density at radius 2 is 1.81 bits per heavy atom. The molecule has 0 aliphatic rings. The molecule has 2 aromatic heterocycles. The molecule has 156 valence electrons. The Kier molecular flexibility index (Phi) is 5.45. The Hall–Kier alpha value is -3.69.